The molecule has 92 valence electrons. The Balaban J connectivity index is 2.10. The van der Waals surface area contributed by atoms with E-state index in [4.69, 9.17) is 11.6 Å². The maximum absolute atomic E-state index is 13.0. The lowest BCUT2D eigenvalue weighted by molar-refractivity contribution is -0.116. The molecule has 0 aliphatic carbocycles. The fraction of sp³-hybridized carbons (Fsp3) is 0.167. The van der Waals surface area contributed by atoms with Gasteiger partial charge in [0.2, 0.25) is 5.91 Å². The van der Waals surface area contributed by atoms with Crippen LogP contribution in [0.2, 0.25) is 5.02 Å². The highest BCUT2D eigenvalue weighted by molar-refractivity contribution is 6.31. The number of nitrogens with zero attached hydrogens (tertiary/aromatic N) is 1. The molecular weight excluding hydrogens is 257 g/mol. The van der Waals surface area contributed by atoms with Crippen molar-refractivity contribution < 1.29 is 9.18 Å². The minimum Gasteiger partial charge on any atom is -0.311 e. The van der Waals surface area contributed by atoms with Gasteiger partial charge in [-0.3, -0.25) is 9.89 Å². The van der Waals surface area contributed by atoms with Crippen LogP contribution in [-0.4, -0.2) is 16.1 Å². The number of benzene rings is 1. The first kappa shape index (κ1) is 11.2. The number of amides is 1. The Bertz CT molecular complexity index is 626. The largest absolute Gasteiger partial charge is 0.311 e. The third kappa shape index (κ3) is 1.76. The summed E-state index contributed by atoms with van der Waals surface area (Å²) >= 11 is 6.04. The van der Waals surface area contributed by atoms with Crippen molar-refractivity contribution in [3.8, 4) is 0 Å². The molecule has 1 aromatic carbocycles. The number of nitrogens with one attached hydrogen (secondary N) is 2. The van der Waals surface area contributed by atoms with Crippen LogP contribution in [0, 0.1) is 5.82 Å². The van der Waals surface area contributed by atoms with Gasteiger partial charge in [-0.2, -0.15) is 5.10 Å². The summed E-state index contributed by atoms with van der Waals surface area (Å²) in [5, 5.41) is 9.64. The second-order valence-electron chi connectivity index (χ2n) is 4.17. The summed E-state index contributed by atoms with van der Waals surface area (Å²) < 4.78 is 13.0. The topological polar surface area (TPSA) is 57.8 Å². The summed E-state index contributed by atoms with van der Waals surface area (Å²) in [6.45, 7) is 0. The van der Waals surface area contributed by atoms with E-state index in [0.717, 1.165) is 11.1 Å². The van der Waals surface area contributed by atoms with Crippen LogP contribution in [0.15, 0.2) is 24.4 Å². The Morgan fingerprint density at radius 3 is 3.00 bits per heavy atom. The van der Waals surface area contributed by atoms with Gasteiger partial charge in [0.15, 0.2) is 0 Å². The van der Waals surface area contributed by atoms with Crippen LogP contribution < -0.4 is 5.32 Å². The number of hydrogen-bond donors (Lipinski definition) is 2. The molecule has 1 aromatic heterocycles. The monoisotopic (exact) mass is 265 g/mol. The maximum Gasteiger partial charge on any atom is 0.226 e. The van der Waals surface area contributed by atoms with E-state index < -0.39 is 5.82 Å². The Morgan fingerprint density at radius 1 is 1.39 bits per heavy atom. The van der Waals surface area contributed by atoms with Crippen molar-refractivity contribution in [2.75, 3.05) is 5.32 Å². The van der Waals surface area contributed by atoms with E-state index in [1.165, 1.54) is 12.1 Å². The quantitative estimate of drug-likeness (QED) is 0.833. The minimum absolute atomic E-state index is 0.114. The third-order valence-corrected chi connectivity index (χ3v) is 3.36. The molecule has 2 heterocycles. The van der Waals surface area contributed by atoms with E-state index in [1.807, 2.05) is 0 Å². The Hall–Kier alpha value is -1.88. The van der Waals surface area contributed by atoms with Gasteiger partial charge < -0.3 is 5.32 Å². The Morgan fingerprint density at radius 2 is 2.22 bits per heavy atom. The smallest absolute Gasteiger partial charge is 0.226 e. The van der Waals surface area contributed by atoms with Gasteiger partial charge in [-0.05, 0) is 17.7 Å². The molecule has 2 aromatic rings. The van der Waals surface area contributed by atoms with Crippen molar-refractivity contribution in [2.24, 2.45) is 0 Å². The minimum atomic E-state index is -0.392. The number of carbonyl (C=O) groups excluding carboxylic acids is 1. The first-order valence-electron chi connectivity index (χ1n) is 5.43. The van der Waals surface area contributed by atoms with Gasteiger partial charge in [-0.15, -0.1) is 0 Å². The number of aromatic nitrogens is 2. The number of anilines is 1. The molecule has 4 nitrogen and oxygen atoms in total. The van der Waals surface area contributed by atoms with Crippen molar-refractivity contribution in [3.63, 3.8) is 0 Å². The predicted octanol–water partition coefficient (Wildman–Crippen LogP) is 2.68. The van der Waals surface area contributed by atoms with Crippen LogP contribution in [0.5, 0.6) is 0 Å². The fourth-order valence-corrected chi connectivity index (χ4v) is 2.51. The summed E-state index contributed by atoms with van der Waals surface area (Å²) in [7, 11) is 0. The van der Waals surface area contributed by atoms with Crippen LogP contribution in [0.4, 0.5) is 10.2 Å². The van der Waals surface area contributed by atoms with Crippen LogP contribution >= 0.6 is 11.6 Å². The Labute approximate surface area is 107 Å². The standard InChI is InChI=1S/C12H9ClFN3O/c13-10-3-6(14)1-2-7(10)8-4-11(18)16-12-9(8)5-15-17-12/h1-3,5,8H,4H2,(H2,15,16,17,18)/t8-/m0/s1. The van der Waals surface area contributed by atoms with Gasteiger partial charge in [0.1, 0.15) is 11.6 Å². The number of rotatable bonds is 1. The summed E-state index contributed by atoms with van der Waals surface area (Å²) in [4.78, 5) is 11.6. The zero-order valence-corrected chi connectivity index (χ0v) is 9.96. The molecule has 0 unspecified atom stereocenters. The molecule has 1 aliphatic heterocycles. The molecule has 1 atom stereocenters. The van der Waals surface area contributed by atoms with Crippen LogP contribution in [0.25, 0.3) is 0 Å². The second kappa shape index (κ2) is 4.10. The van der Waals surface area contributed by atoms with Crippen molar-refractivity contribution >= 4 is 23.3 Å². The van der Waals surface area contributed by atoms with E-state index in [-0.39, 0.29) is 18.2 Å². The average molecular weight is 266 g/mol. The highest BCUT2D eigenvalue weighted by atomic mass is 35.5. The van der Waals surface area contributed by atoms with E-state index >= 15 is 0 Å². The lowest BCUT2D eigenvalue weighted by Gasteiger charge is -2.23. The lowest BCUT2D eigenvalue weighted by atomic mass is 9.87. The third-order valence-electron chi connectivity index (χ3n) is 3.04. The number of hydrogen-bond acceptors (Lipinski definition) is 2. The van der Waals surface area contributed by atoms with Gasteiger partial charge in [0.25, 0.3) is 0 Å². The number of aromatic amines is 1. The molecule has 0 spiro atoms. The number of carbonyl (C=O) groups is 1. The lowest BCUT2D eigenvalue weighted by Crippen LogP contribution is -2.23. The fourth-order valence-electron chi connectivity index (χ4n) is 2.21. The summed E-state index contributed by atoms with van der Waals surface area (Å²) in [5.74, 6) is -0.120. The molecule has 6 heteroatoms. The number of fused-ring (bicyclic) bond motifs is 1. The molecule has 0 saturated heterocycles. The molecule has 1 aliphatic rings. The van der Waals surface area contributed by atoms with Crippen LogP contribution in [-0.2, 0) is 4.79 Å². The van der Waals surface area contributed by atoms with Crippen molar-refractivity contribution in [1.82, 2.24) is 10.2 Å². The van der Waals surface area contributed by atoms with Crippen molar-refractivity contribution in [3.05, 3.63) is 46.4 Å². The highest BCUT2D eigenvalue weighted by Crippen LogP contribution is 2.38. The van der Waals surface area contributed by atoms with Gasteiger partial charge >= 0.3 is 0 Å². The molecule has 0 saturated carbocycles. The van der Waals surface area contributed by atoms with Gasteiger partial charge in [0, 0.05) is 22.9 Å². The zero-order chi connectivity index (χ0) is 12.7. The molecule has 1 amide bonds. The predicted molar refractivity (Wildman–Crippen MR) is 65.1 cm³/mol. The zero-order valence-electron chi connectivity index (χ0n) is 9.21. The van der Waals surface area contributed by atoms with Gasteiger partial charge in [-0.1, -0.05) is 17.7 Å². The summed E-state index contributed by atoms with van der Waals surface area (Å²) in [6.07, 6.45) is 1.93. The van der Waals surface area contributed by atoms with E-state index in [2.05, 4.69) is 15.5 Å². The molecule has 0 radical (unpaired) electrons. The molecule has 0 fully saturated rings. The first-order chi connectivity index (χ1) is 8.65. The highest BCUT2D eigenvalue weighted by Gasteiger charge is 2.29. The number of halogens is 2. The van der Waals surface area contributed by atoms with Crippen LogP contribution in [0.3, 0.4) is 0 Å². The van der Waals surface area contributed by atoms with Crippen LogP contribution in [0.1, 0.15) is 23.5 Å². The summed E-state index contributed by atoms with van der Waals surface area (Å²) in [5.41, 5.74) is 1.60. The van der Waals surface area contributed by atoms with Gasteiger partial charge in [0.05, 0.1) is 6.20 Å². The number of H-pyrrole nitrogens is 1. The molecule has 18 heavy (non-hydrogen) atoms. The Kier molecular flexibility index (Phi) is 2.56. The van der Waals surface area contributed by atoms with E-state index in [0.29, 0.717) is 10.8 Å². The molecular formula is C12H9ClFN3O. The second-order valence-corrected chi connectivity index (χ2v) is 4.58. The summed E-state index contributed by atoms with van der Waals surface area (Å²) in [6, 6.07) is 4.20. The SMILES string of the molecule is O=C1C[C@@H](c2ccc(F)cc2Cl)c2cn[nH]c2N1. The van der Waals surface area contributed by atoms with Crippen molar-refractivity contribution in [2.45, 2.75) is 12.3 Å². The maximum atomic E-state index is 13.0. The average Bonchev–Trinajstić information content (AvgIpc) is 2.76. The molecule has 0 bridgehead atoms. The first-order valence-corrected chi connectivity index (χ1v) is 5.81. The van der Waals surface area contributed by atoms with E-state index in [1.54, 1.807) is 12.3 Å². The van der Waals surface area contributed by atoms with Gasteiger partial charge in [-0.25, -0.2) is 4.39 Å². The molecule has 2 N–H and O–H groups in total. The van der Waals surface area contributed by atoms with E-state index in [9.17, 15) is 9.18 Å². The molecule has 3 rings (SSSR count). The van der Waals surface area contributed by atoms with Crippen molar-refractivity contribution in [1.29, 1.82) is 0 Å². The normalized spacial score (nSPS) is 18.3.